The molecule has 0 aromatic heterocycles. The van der Waals surface area contributed by atoms with Crippen LogP contribution in [0.4, 0.5) is 0 Å². The molecule has 0 bridgehead atoms. The summed E-state index contributed by atoms with van der Waals surface area (Å²) in [5, 5.41) is 0. The number of benzene rings is 1. The Bertz CT molecular complexity index is 354. The summed E-state index contributed by atoms with van der Waals surface area (Å²) in [5.41, 5.74) is 4.26. The van der Waals surface area contributed by atoms with Crippen LogP contribution < -0.4 is 0 Å². The van der Waals surface area contributed by atoms with Crippen LogP contribution >= 0.6 is 8.69 Å². The third-order valence-corrected chi connectivity index (χ3v) is 2.03. The molecule has 0 saturated heterocycles. The van der Waals surface area contributed by atoms with Gasteiger partial charge in [0.1, 0.15) is 0 Å². The fourth-order valence-electron chi connectivity index (χ4n) is 1.74. The summed E-state index contributed by atoms with van der Waals surface area (Å²) < 4.78 is 8.62. The molecule has 0 saturated carbocycles. The third kappa shape index (κ3) is 4.73. The Morgan fingerprint density at radius 1 is 1.27 bits per heavy atom. The molecule has 0 radical (unpaired) electrons. The van der Waals surface area contributed by atoms with Crippen molar-refractivity contribution in [2.45, 2.75) is 20.8 Å². The van der Waals surface area contributed by atoms with Gasteiger partial charge in [-0.25, -0.2) is 4.57 Å². The summed E-state index contributed by atoms with van der Waals surface area (Å²) in [7, 11) is -0.833. The second-order valence-corrected chi connectivity index (χ2v) is 3.57. The Morgan fingerprint density at radius 2 is 1.60 bits per heavy atom. The van der Waals surface area contributed by atoms with Gasteiger partial charge in [0.15, 0.2) is 0 Å². The van der Waals surface area contributed by atoms with Crippen LogP contribution in [-0.4, -0.2) is 27.1 Å². The molecule has 0 aliphatic rings. The predicted octanol–water partition coefficient (Wildman–Crippen LogP) is 2.11. The standard InChI is InChI=1S/C10H11O.Li.HO2P/c1-7-4-8(2)10(6-11)9(3)5-7;;1-3-2/h4-5H,1-3H3;;(H,1,2). The Balaban J connectivity index is 0.000000583. The summed E-state index contributed by atoms with van der Waals surface area (Å²) >= 11 is 1.62. The fraction of sp³-hybridized carbons (Fsp3) is 0.300. The van der Waals surface area contributed by atoms with Gasteiger partial charge < -0.3 is 4.89 Å². The van der Waals surface area contributed by atoms with E-state index in [1.807, 2.05) is 32.9 Å². The van der Waals surface area contributed by atoms with E-state index in [-0.39, 0.29) is 4.46 Å². The van der Waals surface area contributed by atoms with E-state index < -0.39 is 8.69 Å². The molecule has 15 heavy (non-hydrogen) atoms. The quantitative estimate of drug-likeness (QED) is 0.580. The van der Waals surface area contributed by atoms with Crippen LogP contribution in [0.1, 0.15) is 27.0 Å². The summed E-state index contributed by atoms with van der Waals surface area (Å²) in [6.07, 6.45) is 0. The van der Waals surface area contributed by atoms with Crippen LogP contribution in [0, 0.1) is 20.8 Å². The fourth-order valence-corrected chi connectivity index (χ4v) is 1.74. The average molecular weight is 218 g/mol. The van der Waals surface area contributed by atoms with Crippen molar-refractivity contribution in [3.8, 4) is 0 Å². The first-order chi connectivity index (χ1) is 6.93. The van der Waals surface area contributed by atoms with E-state index in [1.54, 1.807) is 17.7 Å². The molecule has 0 amide bonds. The molecule has 0 unspecified atom stereocenters. The van der Waals surface area contributed by atoms with Crippen molar-refractivity contribution < 1.29 is 14.3 Å². The Hall–Kier alpha value is -0.453. The van der Waals surface area contributed by atoms with E-state index >= 15 is 0 Å². The number of hydrogen-bond donors (Lipinski definition) is 1. The van der Waals surface area contributed by atoms with Crippen molar-refractivity contribution in [2.24, 2.45) is 0 Å². The van der Waals surface area contributed by atoms with E-state index in [2.05, 4.69) is 0 Å². The second kappa shape index (κ2) is 6.93. The predicted molar refractivity (Wildman–Crippen MR) is 60.6 cm³/mol. The Morgan fingerprint density at radius 3 is 1.87 bits per heavy atom. The minimum atomic E-state index is -0.833. The molecule has 1 aromatic rings. The van der Waals surface area contributed by atoms with E-state index in [9.17, 15) is 4.79 Å². The van der Waals surface area contributed by atoms with Gasteiger partial charge in [-0.05, 0) is 0 Å². The van der Waals surface area contributed by atoms with Crippen molar-refractivity contribution in [3.05, 3.63) is 34.4 Å². The molecule has 0 aliphatic carbocycles. The monoisotopic (exact) mass is 218 g/mol. The van der Waals surface area contributed by atoms with Crippen LogP contribution in [-0.2, 0) is 4.57 Å². The number of carbonyl (C=O) groups excluding carboxylic acids is 1. The SMILES string of the molecule is O=PO.[Li][C](=O)c1c(C)cc(C)cc1C. The molecule has 0 aliphatic heterocycles. The van der Waals surface area contributed by atoms with Crippen LogP contribution in [0.5, 0.6) is 0 Å². The van der Waals surface area contributed by atoms with E-state index in [0.717, 1.165) is 16.7 Å². The van der Waals surface area contributed by atoms with Crippen molar-refractivity contribution in [1.29, 1.82) is 0 Å². The van der Waals surface area contributed by atoms with E-state index in [4.69, 9.17) is 9.46 Å². The Labute approximate surface area is 100 Å². The third-order valence-electron chi connectivity index (χ3n) is 2.03. The zero-order valence-corrected chi connectivity index (χ0v) is 10.3. The number of hydrogen-bond acceptors (Lipinski definition) is 2. The molecule has 0 fully saturated rings. The van der Waals surface area contributed by atoms with Crippen LogP contribution in [0.2, 0.25) is 0 Å². The summed E-state index contributed by atoms with van der Waals surface area (Å²) in [6.45, 7) is 6.01. The van der Waals surface area contributed by atoms with Crippen LogP contribution in [0.25, 0.3) is 0 Å². The van der Waals surface area contributed by atoms with Gasteiger partial charge in [0.2, 0.25) is 0 Å². The maximum atomic E-state index is 11.2. The molecule has 3 nitrogen and oxygen atoms in total. The number of rotatable bonds is 1. The second-order valence-electron chi connectivity index (χ2n) is 3.41. The van der Waals surface area contributed by atoms with Gasteiger partial charge in [-0.3, -0.25) is 0 Å². The van der Waals surface area contributed by atoms with Crippen molar-refractivity contribution >= 4 is 30.9 Å². The average Bonchev–Trinajstić information content (AvgIpc) is 2.01. The first-order valence-corrected chi connectivity index (χ1v) is 5.26. The molecule has 1 rings (SSSR count). The van der Waals surface area contributed by atoms with Gasteiger partial charge in [-0.15, -0.1) is 0 Å². The zero-order chi connectivity index (χ0) is 12.0. The molecular weight excluding hydrogens is 206 g/mol. The Kier molecular flexibility index (Phi) is 6.72. The van der Waals surface area contributed by atoms with Gasteiger partial charge in [0.25, 0.3) is 0 Å². The van der Waals surface area contributed by atoms with Crippen LogP contribution in [0.3, 0.4) is 0 Å². The van der Waals surface area contributed by atoms with Gasteiger partial charge in [-0.2, -0.15) is 0 Å². The van der Waals surface area contributed by atoms with Crippen molar-refractivity contribution in [2.75, 3.05) is 0 Å². The molecule has 1 aromatic carbocycles. The normalized spacial score (nSPS) is 9.47. The molecule has 0 heterocycles. The van der Waals surface area contributed by atoms with Crippen molar-refractivity contribution in [3.63, 3.8) is 0 Å². The first kappa shape index (κ1) is 14.5. The molecule has 1 N–H and O–H groups in total. The van der Waals surface area contributed by atoms with Gasteiger partial charge in [0.05, 0.1) is 0 Å². The summed E-state index contributed by atoms with van der Waals surface area (Å²) in [5.74, 6) is 0. The van der Waals surface area contributed by atoms with Gasteiger partial charge >= 0.3 is 90.8 Å². The maximum absolute atomic E-state index is 11.2. The van der Waals surface area contributed by atoms with Crippen molar-refractivity contribution in [1.82, 2.24) is 0 Å². The topological polar surface area (TPSA) is 54.4 Å². The van der Waals surface area contributed by atoms with Gasteiger partial charge in [-0.1, -0.05) is 0 Å². The molecule has 5 heteroatoms. The van der Waals surface area contributed by atoms with E-state index in [0.29, 0.717) is 0 Å². The molecule has 0 atom stereocenters. The summed E-state index contributed by atoms with van der Waals surface area (Å²) in [4.78, 5) is 18.2. The number of carbonyl (C=O) groups is 1. The zero-order valence-electron chi connectivity index (χ0n) is 9.37. The molecule has 76 valence electrons. The number of aryl methyl sites for hydroxylation is 3. The molecular formula is C10H12LiO3P. The first-order valence-electron chi connectivity index (χ1n) is 4.49. The minimum absolute atomic E-state index is 0.157. The van der Waals surface area contributed by atoms with Crippen LogP contribution in [0.15, 0.2) is 12.1 Å². The van der Waals surface area contributed by atoms with E-state index in [1.165, 1.54) is 5.56 Å². The molecule has 0 spiro atoms. The van der Waals surface area contributed by atoms with Gasteiger partial charge in [0, 0.05) is 0 Å². The summed E-state index contributed by atoms with van der Waals surface area (Å²) in [6, 6.07) is 4.09.